The van der Waals surface area contributed by atoms with Crippen LogP contribution in [0.2, 0.25) is 0 Å². The fourth-order valence-electron chi connectivity index (χ4n) is 3.34. The lowest BCUT2D eigenvalue weighted by Crippen LogP contribution is -2.25. The van der Waals surface area contributed by atoms with E-state index in [0.29, 0.717) is 17.9 Å². The molecule has 1 heterocycles. The van der Waals surface area contributed by atoms with Crippen molar-refractivity contribution in [3.8, 4) is 23.8 Å². The van der Waals surface area contributed by atoms with E-state index in [2.05, 4.69) is 5.92 Å². The van der Waals surface area contributed by atoms with Crippen molar-refractivity contribution in [1.82, 2.24) is 0 Å². The van der Waals surface area contributed by atoms with Crippen LogP contribution < -0.4 is 14.4 Å². The SMILES string of the molecule is C#CCOc1ccc2c3c(cccc13)C(=O)N2Cc1ccc(OC)cc1. The number of carbonyl (C=O) groups excluding carboxylic acids is 1. The summed E-state index contributed by atoms with van der Waals surface area (Å²) in [5.41, 5.74) is 2.62. The first kappa shape index (κ1) is 16.0. The molecular weight excluding hydrogens is 326 g/mol. The van der Waals surface area contributed by atoms with Crippen molar-refractivity contribution in [2.45, 2.75) is 6.54 Å². The Balaban J connectivity index is 1.74. The van der Waals surface area contributed by atoms with Crippen molar-refractivity contribution >= 4 is 22.4 Å². The molecule has 0 N–H and O–H groups in total. The average molecular weight is 343 g/mol. The van der Waals surface area contributed by atoms with Crippen molar-refractivity contribution in [1.29, 1.82) is 0 Å². The second-order valence-corrected chi connectivity index (χ2v) is 6.04. The largest absolute Gasteiger partial charge is 0.497 e. The van der Waals surface area contributed by atoms with E-state index in [0.717, 1.165) is 27.8 Å². The molecule has 128 valence electrons. The maximum Gasteiger partial charge on any atom is 0.259 e. The standard InChI is InChI=1S/C22H17NO3/c1-3-13-26-20-12-11-19-21-17(20)5-4-6-18(21)22(24)23(19)14-15-7-9-16(25-2)10-8-15/h1,4-12H,13-14H2,2H3. The maximum atomic E-state index is 13.0. The van der Waals surface area contributed by atoms with Gasteiger partial charge in [-0.15, -0.1) is 6.42 Å². The van der Waals surface area contributed by atoms with Crippen LogP contribution in [0.15, 0.2) is 54.6 Å². The second kappa shape index (κ2) is 6.45. The molecule has 4 rings (SSSR count). The molecule has 0 unspecified atom stereocenters. The highest BCUT2D eigenvalue weighted by molar-refractivity contribution is 6.25. The topological polar surface area (TPSA) is 38.8 Å². The van der Waals surface area contributed by atoms with E-state index in [1.165, 1.54) is 0 Å². The Kier molecular flexibility index (Phi) is 3.98. The first-order valence-corrected chi connectivity index (χ1v) is 8.29. The van der Waals surface area contributed by atoms with Gasteiger partial charge in [-0.3, -0.25) is 4.79 Å². The summed E-state index contributed by atoms with van der Waals surface area (Å²) in [4.78, 5) is 14.8. The lowest BCUT2D eigenvalue weighted by atomic mass is 10.0. The van der Waals surface area contributed by atoms with E-state index in [1.54, 1.807) is 12.0 Å². The van der Waals surface area contributed by atoms with E-state index in [1.807, 2.05) is 54.6 Å². The Morgan fingerprint density at radius 2 is 1.88 bits per heavy atom. The zero-order valence-corrected chi connectivity index (χ0v) is 14.4. The van der Waals surface area contributed by atoms with Crippen LogP contribution in [0, 0.1) is 12.3 Å². The number of ether oxygens (including phenoxy) is 2. The summed E-state index contributed by atoms with van der Waals surface area (Å²) in [5, 5.41) is 1.82. The van der Waals surface area contributed by atoms with Crippen LogP contribution in [-0.4, -0.2) is 19.6 Å². The molecule has 0 atom stereocenters. The molecule has 0 saturated heterocycles. The minimum atomic E-state index is -0.00415. The summed E-state index contributed by atoms with van der Waals surface area (Å²) in [6.07, 6.45) is 5.30. The lowest BCUT2D eigenvalue weighted by molar-refractivity contribution is 0.0991. The average Bonchev–Trinajstić information content (AvgIpc) is 2.95. The number of rotatable bonds is 5. The summed E-state index contributed by atoms with van der Waals surface area (Å²) in [7, 11) is 1.64. The smallest absolute Gasteiger partial charge is 0.259 e. The number of hydrogen-bond acceptors (Lipinski definition) is 3. The van der Waals surface area contributed by atoms with Crippen LogP contribution in [0.4, 0.5) is 5.69 Å². The van der Waals surface area contributed by atoms with Gasteiger partial charge >= 0.3 is 0 Å². The van der Waals surface area contributed by atoms with E-state index < -0.39 is 0 Å². The molecule has 0 aromatic heterocycles. The number of terminal acetylenes is 1. The predicted octanol–water partition coefficient (Wildman–Crippen LogP) is 4.02. The zero-order chi connectivity index (χ0) is 18.1. The molecule has 26 heavy (non-hydrogen) atoms. The highest BCUT2D eigenvalue weighted by Gasteiger charge is 2.30. The molecule has 4 nitrogen and oxygen atoms in total. The van der Waals surface area contributed by atoms with Crippen molar-refractivity contribution in [2.75, 3.05) is 18.6 Å². The minimum Gasteiger partial charge on any atom is -0.497 e. The van der Waals surface area contributed by atoms with Gasteiger partial charge < -0.3 is 14.4 Å². The maximum absolute atomic E-state index is 13.0. The van der Waals surface area contributed by atoms with Crippen LogP contribution in [0.25, 0.3) is 10.8 Å². The second-order valence-electron chi connectivity index (χ2n) is 6.04. The molecule has 3 aromatic rings. The Hall–Kier alpha value is -3.45. The molecule has 0 spiro atoms. The number of amides is 1. The molecule has 1 aliphatic rings. The van der Waals surface area contributed by atoms with Gasteiger partial charge in [0.2, 0.25) is 0 Å². The van der Waals surface area contributed by atoms with E-state index in [4.69, 9.17) is 15.9 Å². The highest BCUT2D eigenvalue weighted by Crippen LogP contribution is 2.42. The van der Waals surface area contributed by atoms with Crippen molar-refractivity contribution in [3.63, 3.8) is 0 Å². The van der Waals surface area contributed by atoms with Crippen LogP contribution in [-0.2, 0) is 6.54 Å². The van der Waals surface area contributed by atoms with Crippen molar-refractivity contribution < 1.29 is 14.3 Å². The van der Waals surface area contributed by atoms with E-state index in [9.17, 15) is 4.79 Å². The summed E-state index contributed by atoms with van der Waals surface area (Å²) in [6, 6.07) is 17.2. The number of anilines is 1. The van der Waals surface area contributed by atoms with Crippen LogP contribution in [0.1, 0.15) is 15.9 Å². The first-order valence-electron chi connectivity index (χ1n) is 8.29. The normalized spacial score (nSPS) is 12.3. The molecule has 0 fully saturated rings. The quantitative estimate of drug-likeness (QED) is 0.657. The summed E-state index contributed by atoms with van der Waals surface area (Å²) >= 11 is 0. The Labute approximate surface area is 152 Å². The van der Waals surface area contributed by atoms with E-state index >= 15 is 0 Å². The highest BCUT2D eigenvalue weighted by atomic mass is 16.5. The van der Waals surface area contributed by atoms with Crippen molar-refractivity contribution in [3.05, 3.63) is 65.7 Å². The molecule has 1 aliphatic heterocycles. The van der Waals surface area contributed by atoms with Gasteiger partial charge in [0.1, 0.15) is 18.1 Å². The fourth-order valence-corrected chi connectivity index (χ4v) is 3.34. The van der Waals surface area contributed by atoms with Crippen LogP contribution in [0.5, 0.6) is 11.5 Å². The van der Waals surface area contributed by atoms with Gasteiger partial charge in [0.15, 0.2) is 0 Å². The first-order chi connectivity index (χ1) is 12.7. The van der Waals surface area contributed by atoms with Crippen molar-refractivity contribution in [2.24, 2.45) is 0 Å². The molecule has 0 radical (unpaired) electrons. The fraction of sp³-hybridized carbons (Fsp3) is 0.136. The minimum absolute atomic E-state index is 0.00415. The number of nitrogens with zero attached hydrogens (tertiary/aromatic N) is 1. The van der Waals surface area contributed by atoms with E-state index in [-0.39, 0.29) is 12.5 Å². The van der Waals surface area contributed by atoms with Gasteiger partial charge in [0.05, 0.1) is 19.3 Å². The Bertz CT molecular complexity index is 1030. The molecule has 0 bridgehead atoms. The summed E-state index contributed by atoms with van der Waals surface area (Å²) in [6.45, 7) is 0.694. The van der Waals surface area contributed by atoms with Gasteiger partial charge in [-0.05, 0) is 35.9 Å². The molecule has 1 amide bonds. The van der Waals surface area contributed by atoms with Gasteiger partial charge in [0, 0.05) is 16.3 Å². The van der Waals surface area contributed by atoms with Gasteiger partial charge in [0.25, 0.3) is 5.91 Å². The summed E-state index contributed by atoms with van der Waals surface area (Å²) in [5.74, 6) is 3.96. The lowest BCUT2D eigenvalue weighted by Gasteiger charge is -2.18. The molecule has 4 heteroatoms. The third kappa shape index (κ3) is 2.55. The molecule has 0 saturated carbocycles. The zero-order valence-electron chi connectivity index (χ0n) is 14.4. The predicted molar refractivity (Wildman–Crippen MR) is 102 cm³/mol. The van der Waals surface area contributed by atoms with Crippen LogP contribution in [0.3, 0.4) is 0 Å². The number of methoxy groups -OCH3 is 1. The van der Waals surface area contributed by atoms with Crippen LogP contribution >= 0.6 is 0 Å². The molecular formula is C22H17NO3. The van der Waals surface area contributed by atoms with Gasteiger partial charge in [-0.25, -0.2) is 0 Å². The number of hydrogen-bond donors (Lipinski definition) is 0. The Morgan fingerprint density at radius 1 is 1.08 bits per heavy atom. The molecule has 0 aliphatic carbocycles. The Morgan fingerprint density at radius 3 is 2.62 bits per heavy atom. The third-order valence-electron chi connectivity index (χ3n) is 4.56. The van der Waals surface area contributed by atoms with Gasteiger partial charge in [-0.2, -0.15) is 0 Å². The monoisotopic (exact) mass is 343 g/mol. The summed E-state index contributed by atoms with van der Waals surface area (Å²) < 4.78 is 10.8. The third-order valence-corrected chi connectivity index (χ3v) is 4.56. The number of benzene rings is 3. The van der Waals surface area contributed by atoms with Gasteiger partial charge in [-0.1, -0.05) is 30.2 Å². The number of carbonyl (C=O) groups is 1. The molecule has 3 aromatic carbocycles.